The number of hydrogen-bond acceptors (Lipinski definition) is 4. The molecule has 0 atom stereocenters. The van der Waals surface area contributed by atoms with Crippen molar-refractivity contribution in [2.24, 2.45) is 0 Å². The van der Waals surface area contributed by atoms with E-state index in [0.29, 0.717) is 22.5 Å². The Bertz CT molecular complexity index is 764. The average Bonchev–Trinajstić information content (AvgIpc) is 2.38. The van der Waals surface area contributed by atoms with Crippen molar-refractivity contribution in [1.29, 1.82) is 5.26 Å². The minimum absolute atomic E-state index is 0.258. The number of hydrogen-bond donors (Lipinski definition) is 2. The molecule has 0 unspecified atom stereocenters. The molecule has 102 valence electrons. The fraction of sp³-hybridized carbons (Fsp3) is 0.0714. The second-order valence-electron chi connectivity index (χ2n) is 4.26. The first-order valence-corrected chi connectivity index (χ1v) is 7.49. The molecule has 2 aromatic rings. The van der Waals surface area contributed by atoms with Gasteiger partial charge in [0.2, 0.25) is 10.0 Å². The third-order valence-corrected chi connectivity index (χ3v) is 3.88. The lowest BCUT2D eigenvalue weighted by molar-refractivity contribution is 0.600. The van der Waals surface area contributed by atoms with Gasteiger partial charge in [0, 0.05) is 5.69 Å². The number of nitrogens with two attached hydrogens (primary N) is 1. The molecule has 0 bridgehead atoms. The van der Waals surface area contributed by atoms with Crippen LogP contribution in [0.2, 0.25) is 0 Å². The van der Waals surface area contributed by atoms with Crippen molar-refractivity contribution in [3.05, 3.63) is 59.7 Å². The number of nitrogens with one attached hydrogen (secondary N) is 1. The summed E-state index contributed by atoms with van der Waals surface area (Å²) in [5.41, 5.74) is 7.29. The lowest BCUT2D eigenvalue weighted by Gasteiger charge is -2.09. The van der Waals surface area contributed by atoms with Gasteiger partial charge >= 0.3 is 0 Å². The maximum atomic E-state index is 12.1. The molecule has 0 saturated heterocycles. The normalized spacial score (nSPS) is 10.8. The fourth-order valence-electron chi connectivity index (χ4n) is 1.78. The average molecular weight is 287 g/mol. The monoisotopic (exact) mass is 287 g/mol. The predicted molar refractivity (Wildman–Crippen MR) is 78.3 cm³/mol. The number of nitrogens with zero attached hydrogens (tertiary/aromatic N) is 1. The maximum Gasteiger partial charge on any atom is 0.236 e. The Balaban J connectivity index is 2.22. The van der Waals surface area contributed by atoms with E-state index in [1.807, 2.05) is 6.07 Å². The van der Waals surface area contributed by atoms with E-state index in [0.717, 1.165) is 0 Å². The summed E-state index contributed by atoms with van der Waals surface area (Å²) in [5, 5.41) is 8.96. The summed E-state index contributed by atoms with van der Waals surface area (Å²) in [6.07, 6.45) is 0. The first-order chi connectivity index (χ1) is 9.50. The molecule has 2 rings (SSSR count). The molecule has 20 heavy (non-hydrogen) atoms. The first-order valence-electron chi connectivity index (χ1n) is 5.84. The zero-order chi connectivity index (χ0) is 14.6. The zero-order valence-electron chi connectivity index (χ0n) is 10.6. The molecule has 0 spiro atoms. The van der Waals surface area contributed by atoms with Crippen LogP contribution in [0.3, 0.4) is 0 Å². The van der Waals surface area contributed by atoms with Gasteiger partial charge in [-0.1, -0.05) is 24.3 Å². The number of nitriles is 1. The van der Waals surface area contributed by atoms with Crippen LogP contribution in [0.25, 0.3) is 0 Å². The SMILES string of the molecule is N#Cc1ccccc1CS(=O)(=O)Nc1cccc(N)c1. The number of nitrogen functional groups attached to an aromatic ring is 1. The van der Waals surface area contributed by atoms with E-state index < -0.39 is 10.0 Å². The zero-order valence-corrected chi connectivity index (χ0v) is 11.4. The van der Waals surface area contributed by atoms with Crippen LogP contribution in [-0.2, 0) is 15.8 Å². The van der Waals surface area contributed by atoms with E-state index >= 15 is 0 Å². The largest absolute Gasteiger partial charge is 0.399 e. The standard InChI is InChI=1S/C14H13N3O2S/c15-9-11-4-1-2-5-12(11)10-20(18,19)17-14-7-3-6-13(16)8-14/h1-8,17H,10,16H2. The van der Waals surface area contributed by atoms with Gasteiger partial charge in [-0.05, 0) is 29.8 Å². The van der Waals surface area contributed by atoms with Crippen molar-refractivity contribution in [2.45, 2.75) is 5.75 Å². The molecule has 0 aromatic heterocycles. The van der Waals surface area contributed by atoms with Gasteiger partial charge in [-0.2, -0.15) is 5.26 Å². The fourth-order valence-corrected chi connectivity index (χ4v) is 3.00. The minimum Gasteiger partial charge on any atom is -0.399 e. The Hall–Kier alpha value is -2.52. The quantitative estimate of drug-likeness (QED) is 0.841. The molecule has 0 saturated carbocycles. The van der Waals surface area contributed by atoms with E-state index in [1.165, 1.54) is 6.07 Å². The van der Waals surface area contributed by atoms with Crippen molar-refractivity contribution in [3.63, 3.8) is 0 Å². The van der Waals surface area contributed by atoms with Crippen molar-refractivity contribution < 1.29 is 8.42 Å². The van der Waals surface area contributed by atoms with Crippen LogP contribution in [-0.4, -0.2) is 8.42 Å². The van der Waals surface area contributed by atoms with Crippen LogP contribution in [0.1, 0.15) is 11.1 Å². The lowest BCUT2D eigenvalue weighted by Crippen LogP contribution is -2.15. The molecule has 0 fully saturated rings. The van der Waals surface area contributed by atoms with E-state index in [1.54, 1.807) is 42.5 Å². The topological polar surface area (TPSA) is 96.0 Å². The van der Waals surface area contributed by atoms with Gasteiger partial charge in [0.25, 0.3) is 0 Å². The third kappa shape index (κ3) is 3.49. The van der Waals surface area contributed by atoms with Gasteiger partial charge in [-0.3, -0.25) is 4.72 Å². The molecule has 0 aliphatic rings. The molecule has 0 heterocycles. The summed E-state index contributed by atoms with van der Waals surface area (Å²) >= 11 is 0. The Morgan fingerprint density at radius 1 is 1.15 bits per heavy atom. The Morgan fingerprint density at radius 2 is 1.90 bits per heavy atom. The Labute approximate surface area is 117 Å². The van der Waals surface area contributed by atoms with Gasteiger partial charge in [-0.15, -0.1) is 0 Å². The highest BCUT2D eigenvalue weighted by Gasteiger charge is 2.14. The number of rotatable bonds is 4. The molecule has 0 amide bonds. The van der Waals surface area contributed by atoms with Crippen LogP contribution in [0.15, 0.2) is 48.5 Å². The van der Waals surface area contributed by atoms with Crippen molar-refractivity contribution in [2.75, 3.05) is 10.5 Å². The van der Waals surface area contributed by atoms with Crippen LogP contribution in [0, 0.1) is 11.3 Å². The van der Waals surface area contributed by atoms with Gasteiger partial charge < -0.3 is 5.73 Å². The van der Waals surface area contributed by atoms with Crippen LogP contribution in [0.4, 0.5) is 11.4 Å². The molecular formula is C14H13N3O2S. The summed E-state index contributed by atoms with van der Waals surface area (Å²) in [4.78, 5) is 0. The summed E-state index contributed by atoms with van der Waals surface area (Å²) in [6, 6.07) is 15.1. The van der Waals surface area contributed by atoms with E-state index in [2.05, 4.69) is 4.72 Å². The number of sulfonamides is 1. The second kappa shape index (κ2) is 5.63. The Kier molecular flexibility index (Phi) is 3.91. The van der Waals surface area contributed by atoms with Crippen molar-refractivity contribution in [1.82, 2.24) is 0 Å². The van der Waals surface area contributed by atoms with Crippen molar-refractivity contribution in [3.8, 4) is 6.07 Å². The molecule has 3 N–H and O–H groups in total. The van der Waals surface area contributed by atoms with Crippen LogP contribution >= 0.6 is 0 Å². The summed E-state index contributed by atoms with van der Waals surface area (Å²) < 4.78 is 26.6. The van der Waals surface area contributed by atoms with Gasteiger partial charge in [-0.25, -0.2) is 8.42 Å². The van der Waals surface area contributed by atoms with Crippen LogP contribution < -0.4 is 10.5 Å². The third-order valence-electron chi connectivity index (χ3n) is 2.64. The highest BCUT2D eigenvalue weighted by molar-refractivity contribution is 7.91. The number of anilines is 2. The minimum atomic E-state index is -3.59. The summed E-state index contributed by atoms with van der Waals surface area (Å²) in [7, 11) is -3.59. The van der Waals surface area contributed by atoms with E-state index in [9.17, 15) is 8.42 Å². The highest BCUT2D eigenvalue weighted by atomic mass is 32.2. The molecule has 5 nitrogen and oxygen atoms in total. The Morgan fingerprint density at radius 3 is 2.60 bits per heavy atom. The maximum absolute atomic E-state index is 12.1. The molecule has 6 heteroatoms. The second-order valence-corrected chi connectivity index (χ2v) is 5.98. The van der Waals surface area contributed by atoms with E-state index in [-0.39, 0.29) is 5.75 Å². The number of benzene rings is 2. The highest BCUT2D eigenvalue weighted by Crippen LogP contribution is 2.17. The van der Waals surface area contributed by atoms with E-state index in [4.69, 9.17) is 11.0 Å². The van der Waals surface area contributed by atoms with Crippen LogP contribution in [0.5, 0.6) is 0 Å². The lowest BCUT2D eigenvalue weighted by atomic mass is 10.1. The summed E-state index contributed by atoms with van der Waals surface area (Å²) in [5.74, 6) is -0.258. The van der Waals surface area contributed by atoms with Gasteiger partial charge in [0.15, 0.2) is 0 Å². The molecular weight excluding hydrogens is 274 g/mol. The van der Waals surface area contributed by atoms with Crippen molar-refractivity contribution >= 4 is 21.4 Å². The predicted octanol–water partition coefficient (Wildman–Crippen LogP) is 2.08. The van der Waals surface area contributed by atoms with Gasteiger partial charge in [0.1, 0.15) is 0 Å². The first kappa shape index (κ1) is 13.9. The molecule has 0 radical (unpaired) electrons. The summed E-state index contributed by atoms with van der Waals surface area (Å²) in [6.45, 7) is 0. The molecule has 0 aliphatic carbocycles. The van der Waals surface area contributed by atoms with Gasteiger partial charge in [0.05, 0.1) is 23.1 Å². The molecule has 0 aliphatic heterocycles. The molecule has 2 aromatic carbocycles. The smallest absolute Gasteiger partial charge is 0.236 e.